The summed E-state index contributed by atoms with van der Waals surface area (Å²) in [5.74, 6) is 1.88. The molecule has 2 atom stereocenters. The lowest BCUT2D eigenvalue weighted by atomic mass is 9.81. The van der Waals surface area contributed by atoms with Gasteiger partial charge in [0.1, 0.15) is 0 Å². The first-order valence-electron chi connectivity index (χ1n) is 8.08. The molecule has 0 aromatic heterocycles. The van der Waals surface area contributed by atoms with E-state index in [0.717, 1.165) is 24.1 Å². The Morgan fingerprint density at radius 1 is 1.19 bits per heavy atom. The minimum absolute atomic E-state index is 0.152. The smallest absolute Gasteiger partial charge is 0.178 e. The van der Waals surface area contributed by atoms with E-state index in [2.05, 4.69) is 12.2 Å². The largest absolute Gasteiger partial charge is 0.385 e. The highest BCUT2D eigenvalue weighted by atomic mass is 32.2. The fraction of sp³-hybridized carbons (Fsp3) is 0.647. The normalized spacial score (nSPS) is 23.0. The van der Waals surface area contributed by atoms with Gasteiger partial charge < -0.3 is 5.32 Å². The molecule has 3 nitrogen and oxygen atoms in total. The zero-order valence-electron chi connectivity index (χ0n) is 13.1. The number of benzene rings is 1. The molecule has 0 spiro atoms. The van der Waals surface area contributed by atoms with Gasteiger partial charge in [-0.05, 0) is 48.9 Å². The first-order chi connectivity index (χ1) is 10.0. The van der Waals surface area contributed by atoms with E-state index in [4.69, 9.17) is 0 Å². The van der Waals surface area contributed by atoms with Gasteiger partial charge in [0.05, 0.1) is 10.6 Å². The van der Waals surface area contributed by atoms with Gasteiger partial charge >= 0.3 is 0 Å². The molecule has 0 heterocycles. The van der Waals surface area contributed by atoms with Gasteiger partial charge in [0, 0.05) is 12.2 Å². The van der Waals surface area contributed by atoms with E-state index in [0.29, 0.717) is 4.90 Å². The molecule has 0 bridgehead atoms. The van der Waals surface area contributed by atoms with Crippen LogP contribution in [0.25, 0.3) is 0 Å². The van der Waals surface area contributed by atoms with Gasteiger partial charge in [-0.15, -0.1) is 0 Å². The van der Waals surface area contributed by atoms with Crippen molar-refractivity contribution in [3.05, 3.63) is 24.3 Å². The van der Waals surface area contributed by atoms with Crippen LogP contribution in [0.2, 0.25) is 0 Å². The van der Waals surface area contributed by atoms with Crippen LogP contribution in [0.1, 0.15) is 46.0 Å². The van der Waals surface area contributed by atoms with Crippen LogP contribution >= 0.6 is 0 Å². The first kappa shape index (κ1) is 16.3. The van der Waals surface area contributed by atoms with E-state index in [9.17, 15) is 8.42 Å². The molecule has 1 aromatic rings. The van der Waals surface area contributed by atoms with Crippen molar-refractivity contribution >= 4 is 15.5 Å². The van der Waals surface area contributed by atoms with Gasteiger partial charge in [-0.1, -0.05) is 33.1 Å². The summed E-state index contributed by atoms with van der Waals surface area (Å²) < 4.78 is 23.5. The molecule has 1 aromatic carbocycles. The summed E-state index contributed by atoms with van der Waals surface area (Å²) in [4.78, 5) is 0.414. The van der Waals surface area contributed by atoms with E-state index < -0.39 is 9.84 Å². The lowest BCUT2D eigenvalue weighted by Crippen LogP contribution is -2.16. The van der Waals surface area contributed by atoms with Crippen LogP contribution < -0.4 is 5.32 Å². The second-order valence-corrected chi connectivity index (χ2v) is 8.56. The van der Waals surface area contributed by atoms with Crippen LogP contribution in [-0.4, -0.2) is 20.7 Å². The molecule has 0 amide bonds. The van der Waals surface area contributed by atoms with Crippen LogP contribution in [0.4, 0.5) is 5.69 Å². The van der Waals surface area contributed by atoms with Gasteiger partial charge in [0.15, 0.2) is 9.84 Å². The number of sulfone groups is 1. The van der Waals surface area contributed by atoms with E-state index in [-0.39, 0.29) is 5.75 Å². The van der Waals surface area contributed by atoms with E-state index >= 15 is 0 Å². The topological polar surface area (TPSA) is 46.2 Å². The SMILES string of the molecule is CCS(=O)(=O)c1ccc(NCCC2CCCC(C)C2)cc1. The van der Waals surface area contributed by atoms with Crippen molar-refractivity contribution in [3.8, 4) is 0 Å². The maximum atomic E-state index is 11.7. The summed E-state index contributed by atoms with van der Waals surface area (Å²) in [7, 11) is -3.09. The fourth-order valence-electron chi connectivity index (χ4n) is 3.19. The second-order valence-electron chi connectivity index (χ2n) is 6.28. The van der Waals surface area contributed by atoms with Gasteiger partial charge in [-0.3, -0.25) is 0 Å². The minimum Gasteiger partial charge on any atom is -0.385 e. The van der Waals surface area contributed by atoms with Crippen molar-refractivity contribution in [1.82, 2.24) is 0 Å². The number of hydrogen-bond donors (Lipinski definition) is 1. The van der Waals surface area contributed by atoms with E-state index in [1.165, 1.54) is 32.1 Å². The first-order valence-corrected chi connectivity index (χ1v) is 9.73. The summed E-state index contributed by atoms with van der Waals surface area (Å²) in [6.45, 7) is 5.00. The molecule has 1 saturated carbocycles. The van der Waals surface area contributed by atoms with Crippen molar-refractivity contribution in [3.63, 3.8) is 0 Å². The number of anilines is 1. The third-order valence-corrected chi connectivity index (χ3v) is 6.27. The van der Waals surface area contributed by atoms with Crippen molar-refractivity contribution in [2.45, 2.75) is 50.8 Å². The highest BCUT2D eigenvalue weighted by Gasteiger charge is 2.18. The summed E-state index contributed by atoms with van der Waals surface area (Å²) in [6.07, 6.45) is 6.68. The molecule has 0 saturated heterocycles. The molecule has 2 rings (SSSR count). The molecule has 1 aliphatic carbocycles. The highest BCUT2D eigenvalue weighted by Crippen LogP contribution is 2.30. The van der Waals surface area contributed by atoms with E-state index in [1.54, 1.807) is 19.1 Å². The molecular weight excluding hydrogens is 282 g/mol. The summed E-state index contributed by atoms with van der Waals surface area (Å²) >= 11 is 0. The fourth-order valence-corrected chi connectivity index (χ4v) is 4.07. The standard InChI is InChI=1S/C17H27NO2S/c1-3-21(19,20)17-9-7-16(8-10-17)18-12-11-15-6-4-5-14(2)13-15/h7-10,14-15,18H,3-6,11-13H2,1-2H3. The third-order valence-electron chi connectivity index (χ3n) is 4.52. The zero-order valence-corrected chi connectivity index (χ0v) is 14.0. The Kier molecular flexibility index (Phi) is 5.68. The van der Waals surface area contributed by atoms with Crippen molar-refractivity contribution in [2.24, 2.45) is 11.8 Å². The zero-order chi connectivity index (χ0) is 15.3. The molecule has 4 heteroatoms. The summed E-state index contributed by atoms with van der Waals surface area (Å²) in [6, 6.07) is 7.13. The average Bonchev–Trinajstić information content (AvgIpc) is 2.48. The highest BCUT2D eigenvalue weighted by molar-refractivity contribution is 7.91. The van der Waals surface area contributed by atoms with Crippen LogP contribution in [-0.2, 0) is 9.84 Å². The van der Waals surface area contributed by atoms with Crippen LogP contribution in [0.15, 0.2) is 29.2 Å². The molecule has 1 N–H and O–H groups in total. The Bertz CT molecular complexity index is 536. The minimum atomic E-state index is -3.09. The van der Waals surface area contributed by atoms with Crippen LogP contribution in [0.3, 0.4) is 0 Å². The average molecular weight is 309 g/mol. The maximum Gasteiger partial charge on any atom is 0.178 e. The monoisotopic (exact) mass is 309 g/mol. The Hall–Kier alpha value is -1.03. The van der Waals surface area contributed by atoms with Gasteiger partial charge in [0.2, 0.25) is 0 Å². The van der Waals surface area contributed by atoms with Gasteiger partial charge in [-0.2, -0.15) is 0 Å². The van der Waals surface area contributed by atoms with Gasteiger partial charge in [0.25, 0.3) is 0 Å². The molecule has 2 unspecified atom stereocenters. The third kappa shape index (κ3) is 4.73. The van der Waals surface area contributed by atoms with E-state index in [1.807, 2.05) is 12.1 Å². The van der Waals surface area contributed by atoms with Crippen molar-refractivity contribution < 1.29 is 8.42 Å². The Morgan fingerprint density at radius 2 is 1.90 bits per heavy atom. The molecular formula is C17H27NO2S. The Labute approximate surface area is 129 Å². The molecule has 1 aliphatic rings. The van der Waals surface area contributed by atoms with Crippen LogP contribution in [0.5, 0.6) is 0 Å². The van der Waals surface area contributed by atoms with Crippen molar-refractivity contribution in [2.75, 3.05) is 17.6 Å². The molecule has 118 valence electrons. The predicted molar refractivity (Wildman–Crippen MR) is 88.4 cm³/mol. The van der Waals surface area contributed by atoms with Gasteiger partial charge in [-0.25, -0.2) is 8.42 Å². The van der Waals surface area contributed by atoms with Crippen molar-refractivity contribution in [1.29, 1.82) is 0 Å². The second kappa shape index (κ2) is 7.30. The summed E-state index contributed by atoms with van der Waals surface area (Å²) in [5.41, 5.74) is 1.01. The Morgan fingerprint density at radius 3 is 2.52 bits per heavy atom. The quantitative estimate of drug-likeness (QED) is 0.860. The lowest BCUT2D eigenvalue weighted by Gasteiger charge is -2.26. The van der Waals surface area contributed by atoms with Crippen LogP contribution in [0, 0.1) is 11.8 Å². The number of nitrogens with one attached hydrogen (secondary N) is 1. The Balaban J connectivity index is 1.81. The molecule has 0 aliphatic heterocycles. The number of rotatable bonds is 6. The summed E-state index contributed by atoms with van der Waals surface area (Å²) in [5, 5.41) is 3.41. The molecule has 1 fully saturated rings. The lowest BCUT2D eigenvalue weighted by molar-refractivity contribution is 0.274. The number of hydrogen-bond acceptors (Lipinski definition) is 3. The molecule has 21 heavy (non-hydrogen) atoms. The predicted octanol–water partition coefficient (Wildman–Crippen LogP) is 4.11. The maximum absolute atomic E-state index is 11.7. The molecule has 0 radical (unpaired) electrons.